The third-order valence-corrected chi connectivity index (χ3v) is 9.13. The molecule has 0 aromatic heterocycles. The van der Waals surface area contributed by atoms with E-state index in [-0.39, 0.29) is 11.9 Å². The molecule has 0 saturated carbocycles. The molecule has 0 unspecified atom stereocenters. The van der Waals surface area contributed by atoms with E-state index in [1.165, 1.54) is 58.0 Å². The molecule has 2 saturated heterocycles. The molecule has 0 aromatic carbocycles. The molecule has 0 atom stereocenters. The van der Waals surface area contributed by atoms with Crippen LogP contribution in [-0.2, 0) is 19.1 Å². The van der Waals surface area contributed by atoms with Gasteiger partial charge in [-0.3, -0.25) is 9.59 Å². The van der Waals surface area contributed by atoms with Crippen LogP contribution in [0, 0.1) is 11.8 Å². The standard InChI is InChI=1S/C25H46N2O4S2/c1-3-5-24(28)30-18-20-32-33-21-19-31-25(29)12-17-27-15-10-23(11-16-27)7-4-6-22-8-13-26(2)14-9-22/h22-23H,3-21H2,1-2H3. The topological polar surface area (TPSA) is 59.1 Å². The highest BCUT2D eigenvalue weighted by atomic mass is 33.1. The lowest BCUT2D eigenvalue weighted by Crippen LogP contribution is -2.35. The molecule has 2 heterocycles. The summed E-state index contributed by atoms with van der Waals surface area (Å²) in [5.41, 5.74) is 0. The average Bonchev–Trinajstić information content (AvgIpc) is 2.81. The van der Waals surface area contributed by atoms with Crippen molar-refractivity contribution >= 4 is 33.5 Å². The quantitative estimate of drug-likeness (QED) is 0.168. The minimum atomic E-state index is -0.121. The fraction of sp³-hybridized carbons (Fsp3) is 0.920. The number of piperidine rings is 2. The molecule has 0 radical (unpaired) electrons. The number of nitrogens with zero attached hydrogens (tertiary/aromatic N) is 2. The lowest BCUT2D eigenvalue weighted by molar-refractivity contribution is -0.144. The first-order valence-electron chi connectivity index (χ1n) is 13.0. The first kappa shape index (κ1) is 28.8. The Morgan fingerprint density at radius 2 is 1.33 bits per heavy atom. The van der Waals surface area contributed by atoms with Crippen LogP contribution in [0.15, 0.2) is 0 Å². The van der Waals surface area contributed by atoms with Crippen LogP contribution in [0.1, 0.15) is 71.1 Å². The molecule has 0 bridgehead atoms. The van der Waals surface area contributed by atoms with Crippen molar-refractivity contribution in [3.05, 3.63) is 0 Å². The van der Waals surface area contributed by atoms with Crippen molar-refractivity contribution in [3.63, 3.8) is 0 Å². The van der Waals surface area contributed by atoms with Gasteiger partial charge in [-0.1, -0.05) is 47.8 Å². The normalized spacial score (nSPS) is 19.0. The Balaban J connectivity index is 1.38. The molecule has 0 aromatic rings. The number of carbonyl (C=O) groups is 2. The third-order valence-electron chi connectivity index (χ3n) is 6.80. The molecule has 8 heteroatoms. The molecule has 2 fully saturated rings. The summed E-state index contributed by atoms with van der Waals surface area (Å²) in [6.07, 6.45) is 11.3. The van der Waals surface area contributed by atoms with Gasteiger partial charge in [0.1, 0.15) is 13.2 Å². The van der Waals surface area contributed by atoms with E-state index in [2.05, 4.69) is 16.8 Å². The predicted octanol–water partition coefficient (Wildman–Crippen LogP) is 4.87. The van der Waals surface area contributed by atoms with Crippen LogP contribution in [0.3, 0.4) is 0 Å². The molecule has 192 valence electrons. The van der Waals surface area contributed by atoms with Gasteiger partial charge in [-0.25, -0.2) is 0 Å². The molecule has 0 spiro atoms. The van der Waals surface area contributed by atoms with E-state index in [0.717, 1.165) is 49.4 Å². The number of hydrogen-bond donors (Lipinski definition) is 0. The van der Waals surface area contributed by atoms with Crippen molar-refractivity contribution < 1.29 is 19.1 Å². The number of hydrogen-bond acceptors (Lipinski definition) is 8. The summed E-state index contributed by atoms with van der Waals surface area (Å²) in [7, 11) is 5.55. The lowest BCUT2D eigenvalue weighted by Gasteiger charge is -2.32. The van der Waals surface area contributed by atoms with Gasteiger partial charge in [0, 0.05) is 24.5 Å². The molecule has 0 aliphatic carbocycles. The van der Waals surface area contributed by atoms with Crippen LogP contribution in [0.5, 0.6) is 0 Å². The van der Waals surface area contributed by atoms with Gasteiger partial charge in [0.05, 0.1) is 6.42 Å². The molecule has 2 aliphatic heterocycles. The number of esters is 2. The summed E-state index contributed by atoms with van der Waals surface area (Å²) in [6.45, 7) is 8.50. The second-order valence-electron chi connectivity index (χ2n) is 9.55. The van der Waals surface area contributed by atoms with Crippen molar-refractivity contribution in [3.8, 4) is 0 Å². The van der Waals surface area contributed by atoms with E-state index < -0.39 is 0 Å². The Labute approximate surface area is 209 Å². The summed E-state index contributed by atoms with van der Waals surface area (Å²) in [5.74, 6) is 3.16. The second kappa shape index (κ2) is 17.9. The van der Waals surface area contributed by atoms with E-state index in [9.17, 15) is 9.59 Å². The number of ether oxygens (including phenoxy) is 2. The maximum atomic E-state index is 12.0. The smallest absolute Gasteiger partial charge is 0.307 e. The highest BCUT2D eigenvalue weighted by Gasteiger charge is 2.21. The van der Waals surface area contributed by atoms with Gasteiger partial charge in [0.2, 0.25) is 0 Å². The van der Waals surface area contributed by atoms with E-state index in [1.54, 1.807) is 21.6 Å². The maximum absolute atomic E-state index is 12.0. The van der Waals surface area contributed by atoms with Gasteiger partial charge in [0.25, 0.3) is 0 Å². The summed E-state index contributed by atoms with van der Waals surface area (Å²) >= 11 is 0. The van der Waals surface area contributed by atoms with Gasteiger partial charge in [-0.2, -0.15) is 0 Å². The zero-order chi connectivity index (χ0) is 23.7. The van der Waals surface area contributed by atoms with E-state index in [1.807, 2.05) is 6.92 Å². The van der Waals surface area contributed by atoms with Crippen molar-refractivity contribution in [1.82, 2.24) is 9.80 Å². The predicted molar refractivity (Wildman–Crippen MR) is 140 cm³/mol. The SMILES string of the molecule is CCCC(=O)OCCSSCCOC(=O)CCN1CCC(CCCC2CCN(C)CC2)CC1. The molecule has 2 aliphatic rings. The molecule has 2 rings (SSSR count). The molecular formula is C25H46N2O4S2. The minimum absolute atomic E-state index is 0.0886. The third kappa shape index (κ3) is 13.9. The van der Waals surface area contributed by atoms with Crippen LogP contribution in [0.25, 0.3) is 0 Å². The summed E-state index contributed by atoms with van der Waals surface area (Å²) in [4.78, 5) is 28.1. The summed E-state index contributed by atoms with van der Waals surface area (Å²) in [5, 5.41) is 0. The number of likely N-dealkylation sites (tertiary alicyclic amines) is 2. The zero-order valence-electron chi connectivity index (χ0n) is 20.9. The van der Waals surface area contributed by atoms with Crippen LogP contribution in [0.4, 0.5) is 0 Å². The highest BCUT2D eigenvalue weighted by Crippen LogP contribution is 2.27. The van der Waals surface area contributed by atoms with Crippen molar-refractivity contribution in [2.45, 2.75) is 71.1 Å². The Kier molecular flexibility index (Phi) is 15.6. The van der Waals surface area contributed by atoms with Crippen LogP contribution < -0.4 is 0 Å². The second-order valence-corrected chi connectivity index (χ2v) is 12.2. The van der Waals surface area contributed by atoms with E-state index in [4.69, 9.17) is 9.47 Å². The van der Waals surface area contributed by atoms with Crippen LogP contribution >= 0.6 is 21.6 Å². The lowest BCUT2D eigenvalue weighted by atomic mass is 9.87. The van der Waals surface area contributed by atoms with E-state index >= 15 is 0 Å². The Bertz CT molecular complexity index is 536. The minimum Gasteiger partial charge on any atom is -0.465 e. The highest BCUT2D eigenvalue weighted by molar-refractivity contribution is 8.76. The van der Waals surface area contributed by atoms with Gasteiger partial charge in [-0.05, 0) is 77.2 Å². The van der Waals surface area contributed by atoms with Crippen molar-refractivity contribution in [2.75, 3.05) is 64.5 Å². The zero-order valence-corrected chi connectivity index (χ0v) is 22.6. The van der Waals surface area contributed by atoms with E-state index in [0.29, 0.717) is 26.1 Å². The molecule has 33 heavy (non-hydrogen) atoms. The molecular weight excluding hydrogens is 456 g/mol. The molecule has 6 nitrogen and oxygen atoms in total. The van der Waals surface area contributed by atoms with Gasteiger partial charge >= 0.3 is 11.9 Å². The molecule has 0 amide bonds. The fourth-order valence-corrected chi connectivity index (χ4v) is 6.29. The summed E-state index contributed by atoms with van der Waals surface area (Å²) in [6, 6.07) is 0. The van der Waals surface area contributed by atoms with Gasteiger partial charge in [0.15, 0.2) is 0 Å². The number of rotatable bonds is 16. The van der Waals surface area contributed by atoms with Gasteiger partial charge < -0.3 is 19.3 Å². The van der Waals surface area contributed by atoms with Crippen molar-refractivity contribution in [1.29, 1.82) is 0 Å². The first-order valence-corrected chi connectivity index (χ1v) is 15.5. The van der Waals surface area contributed by atoms with Crippen LogP contribution in [0.2, 0.25) is 0 Å². The number of carbonyl (C=O) groups excluding carboxylic acids is 2. The molecule has 0 N–H and O–H groups in total. The average molecular weight is 503 g/mol. The fourth-order valence-electron chi connectivity index (χ4n) is 4.64. The van der Waals surface area contributed by atoms with Crippen LogP contribution in [-0.4, -0.2) is 86.2 Å². The summed E-state index contributed by atoms with van der Waals surface area (Å²) < 4.78 is 10.5. The Hall–Kier alpha value is -0.440. The van der Waals surface area contributed by atoms with Crippen molar-refractivity contribution in [2.24, 2.45) is 11.8 Å². The largest absolute Gasteiger partial charge is 0.465 e. The first-order chi connectivity index (χ1) is 16.1. The Morgan fingerprint density at radius 1 is 0.818 bits per heavy atom. The monoisotopic (exact) mass is 502 g/mol. The van der Waals surface area contributed by atoms with Gasteiger partial charge in [-0.15, -0.1) is 0 Å². The Morgan fingerprint density at radius 3 is 1.88 bits per heavy atom. The maximum Gasteiger partial charge on any atom is 0.307 e.